The van der Waals surface area contributed by atoms with Crippen LogP contribution in [-0.4, -0.2) is 12.6 Å². The summed E-state index contributed by atoms with van der Waals surface area (Å²) in [4.78, 5) is 0. The Kier molecular flexibility index (Phi) is 5.26. The lowest BCUT2D eigenvalue weighted by Crippen LogP contribution is -2.35. The quantitative estimate of drug-likeness (QED) is 0.865. The fraction of sp³-hybridized carbons (Fsp3) is 0.647. The first-order chi connectivity index (χ1) is 9.19. The number of benzene rings is 1. The van der Waals surface area contributed by atoms with E-state index in [1.54, 1.807) is 0 Å². The van der Waals surface area contributed by atoms with Gasteiger partial charge in [0.15, 0.2) is 0 Å². The van der Waals surface area contributed by atoms with Crippen LogP contribution < -0.4 is 10.1 Å². The van der Waals surface area contributed by atoms with Gasteiger partial charge in [0.05, 0.1) is 6.61 Å². The molecule has 3 atom stereocenters. The Labute approximate surface area is 117 Å². The summed E-state index contributed by atoms with van der Waals surface area (Å²) in [7, 11) is 0. The number of rotatable bonds is 5. The van der Waals surface area contributed by atoms with Gasteiger partial charge >= 0.3 is 0 Å². The van der Waals surface area contributed by atoms with E-state index in [0.717, 1.165) is 30.7 Å². The van der Waals surface area contributed by atoms with Crippen molar-refractivity contribution in [2.75, 3.05) is 6.61 Å². The van der Waals surface area contributed by atoms with E-state index in [2.05, 4.69) is 37.4 Å². The molecule has 1 saturated carbocycles. The van der Waals surface area contributed by atoms with Gasteiger partial charge < -0.3 is 10.1 Å². The first-order valence-electron chi connectivity index (χ1n) is 7.64. The van der Waals surface area contributed by atoms with Gasteiger partial charge in [-0.15, -0.1) is 0 Å². The monoisotopic (exact) mass is 261 g/mol. The fourth-order valence-corrected chi connectivity index (χ4v) is 2.91. The molecule has 0 amide bonds. The Morgan fingerprint density at radius 2 is 2.05 bits per heavy atom. The van der Waals surface area contributed by atoms with Gasteiger partial charge in [0, 0.05) is 12.6 Å². The van der Waals surface area contributed by atoms with Gasteiger partial charge in [-0.2, -0.15) is 0 Å². The van der Waals surface area contributed by atoms with Crippen LogP contribution in [0.3, 0.4) is 0 Å². The molecule has 1 fully saturated rings. The summed E-state index contributed by atoms with van der Waals surface area (Å²) in [6.07, 6.45) is 3.99. The summed E-state index contributed by atoms with van der Waals surface area (Å²) in [5, 5.41) is 3.70. The molecule has 1 N–H and O–H groups in total. The molecule has 2 rings (SSSR count). The van der Waals surface area contributed by atoms with Crippen molar-refractivity contribution in [3.8, 4) is 5.75 Å². The molecule has 3 unspecified atom stereocenters. The van der Waals surface area contributed by atoms with Crippen LogP contribution in [0.15, 0.2) is 24.3 Å². The van der Waals surface area contributed by atoms with Crippen molar-refractivity contribution >= 4 is 0 Å². The zero-order chi connectivity index (χ0) is 13.7. The molecule has 2 nitrogen and oxygen atoms in total. The molecule has 0 aliphatic heterocycles. The molecule has 1 aromatic carbocycles. The van der Waals surface area contributed by atoms with E-state index in [-0.39, 0.29) is 0 Å². The standard InChI is InChI=1S/C17H27NO/c1-4-19-17-7-5-6-15(11-17)12-18-16-9-8-13(2)14(3)10-16/h5-7,11,13-14,16,18H,4,8-10,12H2,1-3H3. The number of ether oxygens (including phenoxy) is 1. The first-order valence-corrected chi connectivity index (χ1v) is 7.64. The van der Waals surface area contributed by atoms with Crippen molar-refractivity contribution < 1.29 is 4.74 Å². The highest BCUT2D eigenvalue weighted by Gasteiger charge is 2.23. The molecule has 19 heavy (non-hydrogen) atoms. The van der Waals surface area contributed by atoms with Gasteiger partial charge in [-0.3, -0.25) is 0 Å². The second kappa shape index (κ2) is 6.95. The Morgan fingerprint density at radius 1 is 1.21 bits per heavy atom. The average Bonchev–Trinajstić information content (AvgIpc) is 2.41. The third-order valence-corrected chi connectivity index (χ3v) is 4.40. The average molecular weight is 261 g/mol. The Balaban J connectivity index is 1.83. The topological polar surface area (TPSA) is 21.3 Å². The normalized spacial score (nSPS) is 27.2. The summed E-state index contributed by atoms with van der Waals surface area (Å²) in [5.41, 5.74) is 1.32. The van der Waals surface area contributed by atoms with E-state index >= 15 is 0 Å². The van der Waals surface area contributed by atoms with Gasteiger partial charge in [-0.1, -0.05) is 26.0 Å². The Hall–Kier alpha value is -1.02. The van der Waals surface area contributed by atoms with E-state index in [9.17, 15) is 0 Å². The van der Waals surface area contributed by atoms with Crippen molar-refractivity contribution in [3.63, 3.8) is 0 Å². The summed E-state index contributed by atoms with van der Waals surface area (Å²) in [6, 6.07) is 9.10. The molecule has 1 aliphatic rings. The maximum atomic E-state index is 5.54. The third kappa shape index (κ3) is 4.24. The van der Waals surface area contributed by atoms with Crippen LogP contribution in [-0.2, 0) is 6.54 Å². The lowest BCUT2D eigenvalue weighted by atomic mass is 9.79. The minimum atomic E-state index is 0.682. The highest BCUT2D eigenvalue weighted by molar-refractivity contribution is 5.28. The van der Waals surface area contributed by atoms with Gasteiger partial charge in [-0.25, -0.2) is 0 Å². The summed E-state index contributed by atoms with van der Waals surface area (Å²) in [5.74, 6) is 2.72. The molecule has 0 saturated heterocycles. The Morgan fingerprint density at radius 3 is 2.79 bits per heavy atom. The fourth-order valence-electron chi connectivity index (χ4n) is 2.91. The van der Waals surface area contributed by atoms with Crippen molar-refractivity contribution in [1.29, 1.82) is 0 Å². The number of hydrogen-bond donors (Lipinski definition) is 1. The van der Waals surface area contributed by atoms with E-state index < -0.39 is 0 Å². The highest BCUT2D eigenvalue weighted by Crippen LogP contribution is 2.29. The molecule has 2 heteroatoms. The van der Waals surface area contributed by atoms with E-state index in [1.807, 2.05) is 13.0 Å². The molecule has 0 bridgehead atoms. The van der Waals surface area contributed by atoms with Crippen LogP contribution in [0, 0.1) is 11.8 Å². The van der Waals surface area contributed by atoms with Crippen LogP contribution >= 0.6 is 0 Å². The van der Waals surface area contributed by atoms with Crippen molar-refractivity contribution in [1.82, 2.24) is 5.32 Å². The molecular formula is C17H27NO. The van der Waals surface area contributed by atoms with E-state index in [0.29, 0.717) is 6.04 Å². The maximum Gasteiger partial charge on any atom is 0.119 e. The second-order valence-electron chi connectivity index (χ2n) is 5.93. The van der Waals surface area contributed by atoms with Crippen molar-refractivity contribution in [2.24, 2.45) is 11.8 Å². The zero-order valence-electron chi connectivity index (χ0n) is 12.5. The molecule has 106 valence electrons. The predicted molar refractivity (Wildman–Crippen MR) is 80.4 cm³/mol. The highest BCUT2D eigenvalue weighted by atomic mass is 16.5. The lowest BCUT2D eigenvalue weighted by molar-refractivity contribution is 0.225. The second-order valence-corrected chi connectivity index (χ2v) is 5.93. The molecule has 0 spiro atoms. The summed E-state index contributed by atoms with van der Waals surface area (Å²) in [6.45, 7) is 8.47. The molecular weight excluding hydrogens is 234 g/mol. The van der Waals surface area contributed by atoms with Gasteiger partial charge in [0.1, 0.15) is 5.75 Å². The Bertz CT molecular complexity index is 391. The van der Waals surface area contributed by atoms with Crippen LogP contribution in [0.2, 0.25) is 0 Å². The lowest BCUT2D eigenvalue weighted by Gasteiger charge is -2.32. The van der Waals surface area contributed by atoms with Crippen LogP contribution in [0.25, 0.3) is 0 Å². The molecule has 1 aromatic rings. The summed E-state index contributed by atoms with van der Waals surface area (Å²) < 4.78 is 5.54. The van der Waals surface area contributed by atoms with E-state index in [1.165, 1.54) is 24.8 Å². The van der Waals surface area contributed by atoms with Crippen molar-refractivity contribution in [3.05, 3.63) is 29.8 Å². The molecule has 0 heterocycles. The summed E-state index contributed by atoms with van der Waals surface area (Å²) >= 11 is 0. The van der Waals surface area contributed by atoms with Gasteiger partial charge in [0.2, 0.25) is 0 Å². The molecule has 0 aromatic heterocycles. The number of hydrogen-bond acceptors (Lipinski definition) is 2. The molecule has 1 aliphatic carbocycles. The minimum absolute atomic E-state index is 0.682. The third-order valence-electron chi connectivity index (χ3n) is 4.40. The predicted octanol–water partition coefficient (Wildman–Crippen LogP) is 4.00. The maximum absolute atomic E-state index is 5.54. The smallest absolute Gasteiger partial charge is 0.119 e. The van der Waals surface area contributed by atoms with Crippen LogP contribution in [0.4, 0.5) is 0 Å². The largest absolute Gasteiger partial charge is 0.494 e. The minimum Gasteiger partial charge on any atom is -0.494 e. The van der Waals surface area contributed by atoms with Gasteiger partial charge in [-0.05, 0) is 55.7 Å². The van der Waals surface area contributed by atoms with Crippen LogP contribution in [0.1, 0.15) is 45.6 Å². The molecule has 0 radical (unpaired) electrons. The first kappa shape index (κ1) is 14.4. The zero-order valence-corrected chi connectivity index (χ0v) is 12.5. The number of nitrogens with one attached hydrogen (secondary N) is 1. The van der Waals surface area contributed by atoms with Crippen LogP contribution in [0.5, 0.6) is 5.75 Å². The van der Waals surface area contributed by atoms with Gasteiger partial charge in [0.25, 0.3) is 0 Å². The van der Waals surface area contributed by atoms with E-state index in [4.69, 9.17) is 4.74 Å². The SMILES string of the molecule is CCOc1cccc(CNC2CCC(C)C(C)C2)c1. The van der Waals surface area contributed by atoms with Crippen molar-refractivity contribution in [2.45, 2.75) is 52.6 Å².